The number of halogens is 3. The highest BCUT2D eigenvalue weighted by Crippen LogP contribution is 2.17. The number of hydrogen-bond acceptors (Lipinski definition) is 4. The van der Waals surface area contributed by atoms with Crippen molar-refractivity contribution < 1.29 is 23.0 Å². The fraction of sp³-hybridized carbons (Fsp3) is 0.667. The van der Waals surface area contributed by atoms with Crippen molar-refractivity contribution >= 4 is 11.3 Å². The van der Waals surface area contributed by atoms with Gasteiger partial charge in [0.25, 0.3) is 0 Å². The lowest BCUT2D eigenvalue weighted by molar-refractivity contribution is -0.173. The standard InChI is InChI=1S/C9H12F3NO2S/c1-6(14)7-4-16-8(13-7)2-3-15-5-9(10,11)12/h4,6,14H,2-3,5H2,1H3. The molecule has 0 bridgehead atoms. The second kappa shape index (κ2) is 5.60. The Morgan fingerprint density at radius 1 is 1.56 bits per heavy atom. The average Bonchev–Trinajstić information content (AvgIpc) is 2.59. The van der Waals surface area contributed by atoms with Crippen LogP contribution in [-0.2, 0) is 11.2 Å². The first kappa shape index (κ1) is 13.4. The van der Waals surface area contributed by atoms with E-state index in [2.05, 4.69) is 9.72 Å². The van der Waals surface area contributed by atoms with Crippen LogP contribution in [0.5, 0.6) is 0 Å². The Morgan fingerprint density at radius 3 is 2.75 bits per heavy atom. The number of alkyl halides is 3. The molecular formula is C9H12F3NO2S. The van der Waals surface area contributed by atoms with Crippen molar-refractivity contribution in [1.82, 2.24) is 4.98 Å². The Hall–Kier alpha value is -0.660. The molecule has 1 atom stereocenters. The highest BCUT2D eigenvalue weighted by atomic mass is 32.1. The SMILES string of the molecule is CC(O)c1csc(CCOCC(F)(F)F)n1. The fourth-order valence-corrected chi connectivity index (χ4v) is 1.84. The van der Waals surface area contributed by atoms with Gasteiger partial charge in [-0.25, -0.2) is 4.98 Å². The third-order valence-electron chi connectivity index (χ3n) is 1.72. The van der Waals surface area contributed by atoms with Crippen molar-refractivity contribution in [3.05, 3.63) is 16.1 Å². The second-order valence-corrected chi connectivity index (χ2v) is 4.20. The van der Waals surface area contributed by atoms with E-state index in [9.17, 15) is 18.3 Å². The first-order valence-electron chi connectivity index (χ1n) is 4.65. The number of hydrogen-bond donors (Lipinski definition) is 1. The largest absolute Gasteiger partial charge is 0.411 e. The molecule has 1 heterocycles. The van der Waals surface area contributed by atoms with E-state index in [1.54, 1.807) is 12.3 Å². The van der Waals surface area contributed by atoms with Gasteiger partial charge in [0.05, 0.1) is 23.4 Å². The predicted octanol–water partition coefficient (Wildman–Crippen LogP) is 2.32. The topological polar surface area (TPSA) is 42.4 Å². The molecule has 0 aliphatic rings. The van der Waals surface area contributed by atoms with Gasteiger partial charge in [0, 0.05) is 11.8 Å². The third kappa shape index (κ3) is 4.91. The quantitative estimate of drug-likeness (QED) is 0.821. The molecule has 92 valence electrons. The summed E-state index contributed by atoms with van der Waals surface area (Å²) < 4.78 is 39.6. The highest BCUT2D eigenvalue weighted by Gasteiger charge is 2.27. The minimum Gasteiger partial charge on any atom is -0.387 e. The number of aliphatic hydroxyl groups is 1. The van der Waals surface area contributed by atoms with Crippen LogP contribution in [0.4, 0.5) is 13.2 Å². The maximum atomic E-state index is 11.7. The van der Waals surface area contributed by atoms with E-state index in [4.69, 9.17) is 0 Å². The summed E-state index contributed by atoms with van der Waals surface area (Å²) in [5.41, 5.74) is 0.538. The van der Waals surface area contributed by atoms with E-state index in [-0.39, 0.29) is 6.61 Å². The van der Waals surface area contributed by atoms with E-state index in [1.807, 2.05) is 0 Å². The van der Waals surface area contributed by atoms with E-state index in [0.29, 0.717) is 17.1 Å². The summed E-state index contributed by atoms with van der Waals surface area (Å²) in [7, 11) is 0. The van der Waals surface area contributed by atoms with Gasteiger partial charge in [-0.15, -0.1) is 11.3 Å². The molecule has 0 saturated heterocycles. The van der Waals surface area contributed by atoms with Crippen LogP contribution in [0.1, 0.15) is 23.7 Å². The fourth-order valence-electron chi connectivity index (χ4n) is 0.979. The number of ether oxygens (including phenoxy) is 1. The highest BCUT2D eigenvalue weighted by molar-refractivity contribution is 7.09. The molecular weight excluding hydrogens is 243 g/mol. The number of nitrogens with zero attached hydrogens (tertiary/aromatic N) is 1. The van der Waals surface area contributed by atoms with Crippen LogP contribution in [-0.4, -0.2) is 29.5 Å². The minimum atomic E-state index is -4.28. The van der Waals surface area contributed by atoms with Crippen molar-refractivity contribution in [3.63, 3.8) is 0 Å². The number of aliphatic hydroxyl groups excluding tert-OH is 1. The van der Waals surface area contributed by atoms with E-state index >= 15 is 0 Å². The van der Waals surface area contributed by atoms with Crippen molar-refractivity contribution in [1.29, 1.82) is 0 Å². The zero-order chi connectivity index (χ0) is 12.2. The van der Waals surface area contributed by atoms with Gasteiger partial charge in [-0.05, 0) is 6.92 Å². The molecule has 1 aromatic rings. The Bertz CT molecular complexity index is 325. The van der Waals surface area contributed by atoms with Crippen LogP contribution in [0, 0.1) is 0 Å². The van der Waals surface area contributed by atoms with Crippen LogP contribution < -0.4 is 0 Å². The van der Waals surface area contributed by atoms with Crippen LogP contribution in [0.2, 0.25) is 0 Å². The van der Waals surface area contributed by atoms with Crippen LogP contribution >= 0.6 is 11.3 Å². The van der Waals surface area contributed by atoms with Gasteiger partial charge in [0.1, 0.15) is 6.61 Å². The summed E-state index contributed by atoms with van der Waals surface area (Å²) in [6, 6.07) is 0. The molecule has 1 rings (SSSR count). The zero-order valence-electron chi connectivity index (χ0n) is 8.62. The van der Waals surface area contributed by atoms with Gasteiger partial charge in [-0.3, -0.25) is 0 Å². The van der Waals surface area contributed by atoms with Crippen LogP contribution in [0.25, 0.3) is 0 Å². The maximum absolute atomic E-state index is 11.7. The first-order chi connectivity index (χ1) is 7.38. The molecule has 7 heteroatoms. The van der Waals surface area contributed by atoms with Gasteiger partial charge >= 0.3 is 6.18 Å². The molecule has 0 fully saturated rings. The van der Waals surface area contributed by atoms with Crippen LogP contribution in [0.3, 0.4) is 0 Å². The monoisotopic (exact) mass is 255 g/mol. The van der Waals surface area contributed by atoms with E-state index < -0.39 is 18.9 Å². The van der Waals surface area contributed by atoms with Gasteiger partial charge < -0.3 is 9.84 Å². The molecule has 1 aromatic heterocycles. The summed E-state index contributed by atoms with van der Waals surface area (Å²) in [5.74, 6) is 0. The van der Waals surface area contributed by atoms with Gasteiger partial charge in [-0.2, -0.15) is 13.2 Å². The van der Waals surface area contributed by atoms with Crippen molar-refractivity contribution in [3.8, 4) is 0 Å². The summed E-state index contributed by atoms with van der Waals surface area (Å²) in [4.78, 5) is 4.05. The third-order valence-corrected chi connectivity index (χ3v) is 2.65. The molecule has 0 saturated carbocycles. The number of aromatic nitrogens is 1. The molecule has 0 spiro atoms. The lowest BCUT2D eigenvalue weighted by Gasteiger charge is -2.06. The summed E-state index contributed by atoms with van der Waals surface area (Å²) in [6.45, 7) is 0.326. The van der Waals surface area contributed by atoms with E-state index in [0.717, 1.165) is 0 Å². The average molecular weight is 255 g/mol. The Morgan fingerprint density at radius 2 is 2.25 bits per heavy atom. The smallest absolute Gasteiger partial charge is 0.387 e. The second-order valence-electron chi connectivity index (χ2n) is 3.26. The summed E-state index contributed by atoms with van der Waals surface area (Å²) >= 11 is 1.30. The van der Waals surface area contributed by atoms with Gasteiger partial charge in [-0.1, -0.05) is 0 Å². The molecule has 3 nitrogen and oxygen atoms in total. The molecule has 0 aliphatic carbocycles. The Kier molecular flexibility index (Phi) is 4.69. The van der Waals surface area contributed by atoms with Crippen molar-refractivity contribution in [2.75, 3.05) is 13.2 Å². The molecule has 0 amide bonds. The summed E-state index contributed by atoms with van der Waals surface area (Å²) in [5, 5.41) is 11.5. The predicted molar refractivity (Wildman–Crippen MR) is 53.3 cm³/mol. The Labute approximate surface area is 94.9 Å². The van der Waals surface area contributed by atoms with Gasteiger partial charge in [0.15, 0.2) is 0 Å². The molecule has 1 N–H and O–H groups in total. The number of rotatable bonds is 5. The number of thiazole rings is 1. The van der Waals surface area contributed by atoms with Gasteiger partial charge in [0.2, 0.25) is 0 Å². The van der Waals surface area contributed by atoms with Crippen LogP contribution in [0.15, 0.2) is 5.38 Å². The summed E-state index contributed by atoms with van der Waals surface area (Å²) in [6.07, 6.45) is -4.61. The van der Waals surface area contributed by atoms with E-state index in [1.165, 1.54) is 11.3 Å². The Balaban J connectivity index is 2.27. The molecule has 16 heavy (non-hydrogen) atoms. The van der Waals surface area contributed by atoms with Crippen molar-refractivity contribution in [2.24, 2.45) is 0 Å². The van der Waals surface area contributed by atoms with Crippen molar-refractivity contribution in [2.45, 2.75) is 25.6 Å². The normalized spacial score (nSPS) is 14.1. The minimum absolute atomic E-state index is 0.0216. The molecule has 1 unspecified atom stereocenters. The molecule has 0 aromatic carbocycles. The lowest BCUT2D eigenvalue weighted by atomic mass is 10.3. The first-order valence-corrected chi connectivity index (χ1v) is 5.53. The maximum Gasteiger partial charge on any atom is 0.411 e. The molecule has 0 aliphatic heterocycles. The lowest BCUT2D eigenvalue weighted by Crippen LogP contribution is -2.17. The molecule has 0 radical (unpaired) electrons. The zero-order valence-corrected chi connectivity index (χ0v) is 9.44.